The van der Waals surface area contributed by atoms with E-state index >= 15 is 0 Å². The van der Waals surface area contributed by atoms with Crippen molar-refractivity contribution in [1.29, 1.82) is 0 Å². The Balaban J connectivity index is 1.76. The molecule has 2 aromatic rings. The lowest BCUT2D eigenvalue weighted by atomic mass is 9.66. The van der Waals surface area contributed by atoms with Crippen molar-refractivity contribution in [2.24, 2.45) is 11.8 Å². The van der Waals surface area contributed by atoms with Crippen LogP contribution in [0.2, 0.25) is 0 Å². The topological polar surface area (TPSA) is 44.8 Å². The molecule has 0 bridgehead atoms. The summed E-state index contributed by atoms with van der Waals surface area (Å²) in [6.07, 6.45) is 0. The fourth-order valence-corrected chi connectivity index (χ4v) is 4.16. The first kappa shape index (κ1) is 13.7. The summed E-state index contributed by atoms with van der Waals surface area (Å²) in [4.78, 5) is 12.5. The van der Waals surface area contributed by atoms with Gasteiger partial charge < -0.3 is 14.2 Å². The van der Waals surface area contributed by atoms with Crippen LogP contribution in [0.1, 0.15) is 22.6 Å². The monoisotopic (exact) mass is 320 g/mol. The number of benzene rings is 2. The minimum absolute atomic E-state index is 0.00979. The van der Waals surface area contributed by atoms with Gasteiger partial charge in [-0.1, -0.05) is 36.9 Å². The number of cyclic esters (lactones) is 1. The van der Waals surface area contributed by atoms with Gasteiger partial charge in [0, 0.05) is 11.8 Å². The van der Waals surface area contributed by atoms with Crippen molar-refractivity contribution in [3.8, 4) is 11.5 Å². The number of carbonyl (C=O) groups excluding carboxylic acids is 1. The molecule has 24 heavy (non-hydrogen) atoms. The fourth-order valence-electron chi connectivity index (χ4n) is 4.16. The number of esters is 1. The normalized spacial score (nSPS) is 26.8. The second-order valence-electron chi connectivity index (χ2n) is 6.47. The van der Waals surface area contributed by atoms with E-state index in [0.29, 0.717) is 6.61 Å². The van der Waals surface area contributed by atoms with Crippen LogP contribution in [-0.2, 0) is 9.53 Å². The van der Waals surface area contributed by atoms with Crippen molar-refractivity contribution in [2.45, 2.75) is 5.92 Å². The smallest absolute Gasteiger partial charge is 0.310 e. The van der Waals surface area contributed by atoms with Crippen LogP contribution in [0.4, 0.5) is 0 Å². The van der Waals surface area contributed by atoms with Gasteiger partial charge in [-0.05, 0) is 34.4 Å². The van der Waals surface area contributed by atoms with Gasteiger partial charge in [0.15, 0.2) is 11.5 Å². The zero-order valence-corrected chi connectivity index (χ0v) is 13.0. The molecule has 0 aromatic heterocycles. The molecule has 0 N–H and O–H groups in total. The second kappa shape index (κ2) is 4.87. The van der Waals surface area contributed by atoms with E-state index in [4.69, 9.17) is 14.2 Å². The van der Waals surface area contributed by atoms with Gasteiger partial charge in [0.05, 0.1) is 12.5 Å². The van der Waals surface area contributed by atoms with Crippen molar-refractivity contribution in [2.75, 3.05) is 13.4 Å². The molecular formula is C20H16O4. The minimum atomic E-state index is -0.229. The summed E-state index contributed by atoms with van der Waals surface area (Å²) in [7, 11) is 0. The van der Waals surface area contributed by atoms with Crippen molar-refractivity contribution in [3.63, 3.8) is 0 Å². The average Bonchev–Trinajstić information content (AvgIpc) is 3.22. The van der Waals surface area contributed by atoms with E-state index in [1.165, 1.54) is 0 Å². The Kier molecular flexibility index (Phi) is 2.77. The lowest BCUT2D eigenvalue weighted by Crippen LogP contribution is -2.30. The minimum Gasteiger partial charge on any atom is -0.465 e. The third-order valence-corrected chi connectivity index (χ3v) is 5.30. The maximum absolute atomic E-state index is 12.5. The van der Waals surface area contributed by atoms with Gasteiger partial charge in [-0.25, -0.2) is 0 Å². The van der Waals surface area contributed by atoms with Crippen LogP contribution in [0.5, 0.6) is 11.5 Å². The molecule has 5 rings (SSSR count). The first-order valence-corrected chi connectivity index (χ1v) is 8.08. The maximum Gasteiger partial charge on any atom is 0.310 e. The maximum atomic E-state index is 12.5. The highest BCUT2D eigenvalue weighted by atomic mass is 16.7. The van der Waals surface area contributed by atoms with Gasteiger partial charge in [0.25, 0.3) is 0 Å². The third kappa shape index (κ3) is 1.77. The van der Waals surface area contributed by atoms with E-state index < -0.39 is 0 Å². The molecule has 1 unspecified atom stereocenters. The number of carbonyl (C=O) groups is 1. The van der Waals surface area contributed by atoms with E-state index in [1.807, 2.05) is 30.3 Å². The summed E-state index contributed by atoms with van der Waals surface area (Å²) in [5.74, 6) is 1.06. The molecule has 4 heteroatoms. The second-order valence-corrected chi connectivity index (χ2v) is 6.47. The average molecular weight is 320 g/mol. The fraction of sp³-hybridized carbons (Fsp3) is 0.250. The van der Waals surface area contributed by atoms with Crippen LogP contribution in [0.15, 0.2) is 49.0 Å². The molecule has 0 saturated carbocycles. The molecule has 3 atom stereocenters. The predicted octanol–water partition coefficient (Wildman–Crippen LogP) is 3.36. The zero-order chi connectivity index (χ0) is 16.3. The van der Waals surface area contributed by atoms with Crippen LogP contribution in [0.3, 0.4) is 0 Å². The van der Waals surface area contributed by atoms with Gasteiger partial charge in [0.1, 0.15) is 0 Å². The predicted molar refractivity (Wildman–Crippen MR) is 87.8 cm³/mol. The molecule has 1 saturated heterocycles. The van der Waals surface area contributed by atoms with Crippen LogP contribution < -0.4 is 9.47 Å². The summed E-state index contributed by atoms with van der Waals surface area (Å²) in [5, 5.41) is 0. The summed E-state index contributed by atoms with van der Waals surface area (Å²) < 4.78 is 16.5. The highest BCUT2D eigenvalue weighted by molar-refractivity contribution is 5.86. The molecule has 0 spiro atoms. The van der Waals surface area contributed by atoms with E-state index in [0.717, 1.165) is 33.8 Å². The standard InChI is InChI=1S/C20H16O4/c1-11-13-7-16-17(24-10-23-16)8-14(13)18(12-5-3-2-4-6-12)19-15(11)9-22-20(19)21/h2-8,15,18-19H,1,9-10H2/t15-,18?,19-/m1/s1. The summed E-state index contributed by atoms with van der Waals surface area (Å²) in [6.45, 7) is 4.89. The Morgan fingerprint density at radius 3 is 2.54 bits per heavy atom. The zero-order valence-electron chi connectivity index (χ0n) is 13.0. The summed E-state index contributed by atoms with van der Waals surface area (Å²) in [6, 6.07) is 14.1. The van der Waals surface area contributed by atoms with Crippen molar-refractivity contribution >= 4 is 11.5 Å². The van der Waals surface area contributed by atoms with E-state index in [-0.39, 0.29) is 30.5 Å². The highest BCUT2D eigenvalue weighted by Crippen LogP contribution is 2.53. The molecule has 1 aliphatic carbocycles. The van der Waals surface area contributed by atoms with Gasteiger partial charge >= 0.3 is 5.97 Å². The molecule has 4 nitrogen and oxygen atoms in total. The lowest BCUT2D eigenvalue weighted by Gasteiger charge is -2.35. The van der Waals surface area contributed by atoms with Gasteiger partial charge in [-0.15, -0.1) is 0 Å². The Morgan fingerprint density at radius 1 is 1.00 bits per heavy atom. The van der Waals surface area contributed by atoms with E-state index in [2.05, 4.69) is 18.7 Å². The number of hydrogen-bond acceptors (Lipinski definition) is 4. The van der Waals surface area contributed by atoms with Crippen molar-refractivity contribution in [1.82, 2.24) is 0 Å². The van der Waals surface area contributed by atoms with Gasteiger partial charge in [-0.3, -0.25) is 4.79 Å². The third-order valence-electron chi connectivity index (χ3n) is 5.30. The van der Waals surface area contributed by atoms with Crippen molar-refractivity contribution < 1.29 is 19.0 Å². The first-order valence-electron chi connectivity index (χ1n) is 8.08. The number of hydrogen-bond donors (Lipinski definition) is 0. The van der Waals surface area contributed by atoms with Crippen LogP contribution in [0.25, 0.3) is 5.57 Å². The molecule has 2 aliphatic heterocycles. The molecule has 1 fully saturated rings. The molecule has 2 heterocycles. The molecule has 0 amide bonds. The van der Waals surface area contributed by atoms with E-state index in [9.17, 15) is 4.79 Å². The Bertz CT molecular complexity index is 855. The van der Waals surface area contributed by atoms with Crippen LogP contribution >= 0.6 is 0 Å². The van der Waals surface area contributed by atoms with Gasteiger partial charge in [0.2, 0.25) is 6.79 Å². The summed E-state index contributed by atoms with van der Waals surface area (Å²) >= 11 is 0. The molecule has 3 aliphatic rings. The number of rotatable bonds is 1. The largest absolute Gasteiger partial charge is 0.465 e. The SMILES string of the molecule is C=C1c2cc3c(cc2C(c2ccccc2)[C@@H]2C(=O)OC[C@H]12)OCO3. The molecular weight excluding hydrogens is 304 g/mol. The van der Waals surface area contributed by atoms with Gasteiger partial charge in [-0.2, -0.15) is 0 Å². The number of fused-ring (bicyclic) bond motifs is 3. The number of ether oxygens (including phenoxy) is 3. The summed E-state index contributed by atoms with van der Waals surface area (Å²) in [5.41, 5.74) is 4.17. The highest BCUT2D eigenvalue weighted by Gasteiger charge is 2.49. The lowest BCUT2D eigenvalue weighted by molar-refractivity contribution is -0.141. The Morgan fingerprint density at radius 2 is 1.75 bits per heavy atom. The van der Waals surface area contributed by atoms with Crippen LogP contribution in [0, 0.1) is 11.8 Å². The molecule has 2 aromatic carbocycles. The Labute approximate surface area is 139 Å². The first-order chi connectivity index (χ1) is 11.7. The molecule has 0 radical (unpaired) electrons. The van der Waals surface area contributed by atoms with E-state index in [1.54, 1.807) is 0 Å². The van der Waals surface area contributed by atoms with Crippen LogP contribution in [-0.4, -0.2) is 19.4 Å². The quantitative estimate of drug-likeness (QED) is 0.756. The van der Waals surface area contributed by atoms with Crippen molar-refractivity contribution in [3.05, 3.63) is 65.7 Å². The molecule has 120 valence electrons. The Hall–Kier alpha value is -2.75.